The second kappa shape index (κ2) is 9.84. The van der Waals surface area contributed by atoms with Crippen molar-refractivity contribution >= 4 is 17.7 Å². The fraction of sp³-hybridized carbons (Fsp3) is 0.318. The first-order chi connectivity index (χ1) is 15.1. The number of hydrogen-bond acceptors (Lipinski definition) is 7. The summed E-state index contributed by atoms with van der Waals surface area (Å²) < 4.78 is 18.0. The number of ether oxygens (including phenoxy) is 3. The lowest BCUT2D eigenvalue weighted by Crippen LogP contribution is -2.36. The second-order valence-electron chi connectivity index (χ2n) is 7.16. The summed E-state index contributed by atoms with van der Waals surface area (Å²) in [5.41, 5.74) is 1.99. The van der Waals surface area contributed by atoms with Crippen LogP contribution in [0.15, 0.2) is 53.7 Å². The minimum absolute atomic E-state index is 0.0514. The van der Waals surface area contributed by atoms with E-state index in [-0.39, 0.29) is 24.5 Å². The number of carbonyl (C=O) groups excluding carboxylic acids is 1. The Labute approximate surface area is 184 Å². The van der Waals surface area contributed by atoms with E-state index in [9.17, 15) is 4.79 Å². The molecule has 0 saturated carbocycles. The van der Waals surface area contributed by atoms with Crippen molar-refractivity contribution in [1.29, 1.82) is 0 Å². The molecule has 162 valence electrons. The Morgan fingerprint density at radius 3 is 2.81 bits per heavy atom. The minimum atomic E-state index is -0.0755. The molecule has 9 heteroatoms. The van der Waals surface area contributed by atoms with Crippen LogP contribution in [0.25, 0.3) is 11.4 Å². The molecule has 0 spiro atoms. The van der Waals surface area contributed by atoms with E-state index in [1.807, 2.05) is 60.0 Å². The molecule has 2 heterocycles. The average molecular weight is 441 g/mol. The van der Waals surface area contributed by atoms with E-state index in [0.29, 0.717) is 18.3 Å². The van der Waals surface area contributed by atoms with E-state index in [2.05, 4.69) is 15.5 Å². The summed E-state index contributed by atoms with van der Waals surface area (Å²) in [6.07, 6.45) is 0. The molecule has 0 bridgehead atoms. The van der Waals surface area contributed by atoms with Crippen LogP contribution in [0.3, 0.4) is 0 Å². The smallest absolute Gasteiger partial charge is 0.231 e. The molecule has 0 saturated heterocycles. The Morgan fingerprint density at radius 2 is 2.00 bits per heavy atom. The fourth-order valence-corrected chi connectivity index (χ4v) is 4.05. The van der Waals surface area contributed by atoms with Gasteiger partial charge in [-0.2, -0.15) is 0 Å². The van der Waals surface area contributed by atoms with Crippen LogP contribution in [-0.2, 0) is 16.1 Å². The van der Waals surface area contributed by atoms with E-state index < -0.39 is 0 Å². The molecule has 1 atom stereocenters. The molecule has 0 unspecified atom stereocenters. The molecular formula is C22H24N4O4S. The van der Waals surface area contributed by atoms with Gasteiger partial charge >= 0.3 is 0 Å². The molecule has 2 aromatic carbocycles. The predicted octanol–water partition coefficient (Wildman–Crippen LogP) is 2.97. The van der Waals surface area contributed by atoms with Crippen LogP contribution < -0.4 is 14.8 Å². The topological polar surface area (TPSA) is 87.5 Å². The van der Waals surface area contributed by atoms with Crippen molar-refractivity contribution < 1.29 is 19.0 Å². The molecule has 1 aliphatic rings. The summed E-state index contributed by atoms with van der Waals surface area (Å²) in [7, 11) is 1.61. The standard InChI is InChI=1S/C22H24N4O4S/c1-15(12-28-2)23-20(27)13-31-22-25-24-21(17-6-4-3-5-7-17)26(22)11-16-8-9-18-19(10-16)30-14-29-18/h3-10,15H,11-14H2,1-2H3,(H,23,27)/t15-/m0/s1. The van der Waals surface area contributed by atoms with Gasteiger partial charge in [-0.3, -0.25) is 9.36 Å². The molecular weight excluding hydrogens is 416 g/mol. The summed E-state index contributed by atoms with van der Waals surface area (Å²) in [5, 5.41) is 12.4. The van der Waals surface area contributed by atoms with Gasteiger partial charge in [-0.1, -0.05) is 48.2 Å². The van der Waals surface area contributed by atoms with Crippen LogP contribution in [0.2, 0.25) is 0 Å². The van der Waals surface area contributed by atoms with Crippen LogP contribution in [0, 0.1) is 0 Å². The SMILES string of the molecule is COC[C@H](C)NC(=O)CSc1nnc(-c2ccccc2)n1Cc1ccc2c(c1)OCO2. The van der Waals surface area contributed by atoms with Crippen molar-refractivity contribution in [2.75, 3.05) is 26.3 Å². The second-order valence-corrected chi connectivity index (χ2v) is 8.10. The van der Waals surface area contributed by atoms with Crippen molar-refractivity contribution in [3.8, 4) is 22.9 Å². The Morgan fingerprint density at radius 1 is 1.19 bits per heavy atom. The number of carbonyl (C=O) groups is 1. The highest BCUT2D eigenvalue weighted by Crippen LogP contribution is 2.33. The maximum Gasteiger partial charge on any atom is 0.231 e. The maximum absolute atomic E-state index is 12.3. The lowest BCUT2D eigenvalue weighted by Gasteiger charge is -2.13. The molecule has 31 heavy (non-hydrogen) atoms. The molecule has 0 fully saturated rings. The third kappa shape index (κ3) is 5.18. The molecule has 0 radical (unpaired) electrons. The van der Waals surface area contributed by atoms with Crippen LogP contribution in [0.4, 0.5) is 0 Å². The van der Waals surface area contributed by atoms with E-state index in [1.165, 1.54) is 11.8 Å². The Bertz CT molecular complexity index is 1040. The number of rotatable bonds is 9. The van der Waals surface area contributed by atoms with Gasteiger partial charge < -0.3 is 19.5 Å². The number of thioether (sulfide) groups is 1. The van der Waals surface area contributed by atoms with Gasteiger partial charge in [0, 0.05) is 18.7 Å². The number of fused-ring (bicyclic) bond motifs is 1. The van der Waals surface area contributed by atoms with Gasteiger partial charge in [0.25, 0.3) is 0 Å². The fourth-order valence-electron chi connectivity index (χ4n) is 3.30. The van der Waals surface area contributed by atoms with Crippen molar-refractivity contribution in [3.05, 3.63) is 54.1 Å². The zero-order chi connectivity index (χ0) is 21.6. The first-order valence-corrected chi connectivity index (χ1v) is 10.9. The summed E-state index contributed by atoms with van der Waals surface area (Å²) in [4.78, 5) is 12.3. The van der Waals surface area contributed by atoms with Crippen molar-refractivity contribution in [1.82, 2.24) is 20.1 Å². The first-order valence-electron chi connectivity index (χ1n) is 9.92. The van der Waals surface area contributed by atoms with Crippen LogP contribution in [0.5, 0.6) is 11.5 Å². The lowest BCUT2D eigenvalue weighted by molar-refractivity contribution is -0.119. The normalized spacial score (nSPS) is 13.2. The quantitative estimate of drug-likeness (QED) is 0.512. The Hall–Kier alpha value is -3.04. The number of aromatic nitrogens is 3. The van der Waals surface area contributed by atoms with Crippen LogP contribution in [-0.4, -0.2) is 53.0 Å². The summed E-state index contributed by atoms with van der Waals surface area (Å²) in [6.45, 7) is 3.15. The first kappa shape index (κ1) is 21.2. The molecule has 1 N–H and O–H groups in total. The largest absolute Gasteiger partial charge is 0.454 e. The highest BCUT2D eigenvalue weighted by atomic mass is 32.2. The van der Waals surface area contributed by atoms with E-state index in [4.69, 9.17) is 14.2 Å². The van der Waals surface area contributed by atoms with E-state index in [0.717, 1.165) is 28.5 Å². The van der Waals surface area contributed by atoms with Crippen molar-refractivity contribution in [2.45, 2.75) is 24.7 Å². The Kier molecular flexibility index (Phi) is 6.73. The number of amides is 1. The van der Waals surface area contributed by atoms with E-state index >= 15 is 0 Å². The molecule has 8 nitrogen and oxygen atoms in total. The molecule has 3 aromatic rings. The highest BCUT2D eigenvalue weighted by molar-refractivity contribution is 7.99. The minimum Gasteiger partial charge on any atom is -0.454 e. The summed E-state index contributed by atoms with van der Waals surface area (Å²) in [5.74, 6) is 2.38. The Balaban J connectivity index is 1.55. The molecule has 1 amide bonds. The summed E-state index contributed by atoms with van der Waals surface area (Å²) >= 11 is 1.36. The molecule has 1 aliphatic heterocycles. The van der Waals surface area contributed by atoms with Gasteiger partial charge in [0.1, 0.15) is 0 Å². The number of nitrogens with one attached hydrogen (secondary N) is 1. The van der Waals surface area contributed by atoms with Gasteiger partial charge in [-0.15, -0.1) is 10.2 Å². The van der Waals surface area contributed by atoms with Crippen molar-refractivity contribution in [3.63, 3.8) is 0 Å². The van der Waals surface area contributed by atoms with Crippen molar-refractivity contribution in [2.24, 2.45) is 0 Å². The zero-order valence-electron chi connectivity index (χ0n) is 17.4. The van der Waals surface area contributed by atoms with Gasteiger partial charge in [-0.25, -0.2) is 0 Å². The molecule has 0 aliphatic carbocycles. The number of benzene rings is 2. The van der Waals surface area contributed by atoms with Crippen LogP contribution in [0.1, 0.15) is 12.5 Å². The summed E-state index contributed by atoms with van der Waals surface area (Å²) in [6, 6.07) is 15.7. The highest BCUT2D eigenvalue weighted by Gasteiger charge is 2.19. The van der Waals surface area contributed by atoms with Gasteiger partial charge in [-0.05, 0) is 24.6 Å². The lowest BCUT2D eigenvalue weighted by atomic mass is 10.2. The molecule has 1 aromatic heterocycles. The third-order valence-electron chi connectivity index (χ3n) is 4.68. The number of methoxy groups -OCH3 is 1. The number of hydrogen-bond donors (Lipinski definition) is 1. The monoisotopic (exact) mass is 440 g/mol. The van der Waals surface area contributed by atoms with Crippen LogP contribution >= 0.6 is 11.8 Å². The third-order valence-corrected chi connectivity index (χ3v) is 5.65. The number of nitrogens with zero attached hydrogens (tertiary/aromatic N) is 3. The molecule has 4 rings (SSSR count). The maximum atomic E-state index is 12.3. The predicted molar refractivity (Wildman–Crippen MR) is 117 cm³/mol. The zero-order valence-corrected chi connectivity index (χ0v) is 18.2. The van der Waals surface area contributed by atoms with E-state index in [1.54, 1.807) is 7.11 Å². The average Bonchev–Trinajstić information content (AvgIpc) is 3.39. The van der Waals surface area contributed by atoms with Gasteiger partial charge in [0.15, 0.2) is 22.5 Å². The van der Waals surface area contributed by atoms with Gasteiger partial charge in [0.2, 0.25) is 12.7 Å². The van der Waals surface area contributed by atoms with Gasteiger partial charge in [0.05, 0.1) is 18.9 Å².